The van der Waals surface area contributed by atoms with E-state index in [1.165, 1.54) is 0 Å². The summed E-state index contributed by atoms with van der Waals surface area (Å²) in [6, 6.07) is 7.84. The number of unbranched alkanes of at least 4 members (excludes halogenated alkanes) is 1. The first-order valence-corrected chi connectivity index (χ1v) is 10.4. The summed E-state index contributed by atoms with van der Waals surface area (Å²) in [6.45, 7) is 0.516. The highest BCUT2D eigenvalue weighted by molar-refractivity contribution is 5.84. The van der Waals surface area contributed by atoms with Crippen LogP contribution in [0.2, 0.25) is 0 Å². The van der Waals surface area contributed by atoms with Gasteiger partial charge in [0.25, 0.3) is 0 Å². The standard InChI is InChI=1S/C24H32O6/c1-30-16-18-8-6-7-17(13-18)14-19(25)11-12-21-20(22(26)15-23(21)27)9-4-2-3-5-10-24(28)29/h2,4,6-8,11-13,19-21,23,25,27H,3,5,9-10,14-16H2,1H3,(H,28,29)/b4-2-,12-11+/t19-,20+,21+,23+/m0/s1. The van der Waals surface area contributed by atoms with E-state index in [1.807, 2.05) is 36.4 Å². The molecular weight excluding hydrogens is 384 g/mol. The Kier molecular flexibility index (Phi) is 9.94. The van der Waals surface area contributed by atoms with Gasteiger partial charge in [-0.15, -0.1) is 0 Å². The highest BCUT2D eigenvalue weighted by Gasteiger charge is 2.39. The quantitative estimate of drug-likeness (QED) is 0.357. The minimum Gasteiger partial charge on any atom is -0.481 e. The van der Waals surface area contributed by atoms with Crippen molar-refractivity contribution in [2.24, 2.45) is 11.8 Å². The zero-order valence-electron chi connectivity index (χ0n) is 17.4. The molecule has 0 unspecified atom stereocenters. The minimum absolute atomic E-state index is 0.0223. The fraction of sp³-hybridized carbons (Fsp3) is 0.500. The Hall–Kier alpha value is -2.28. The highest BCUT2D eigenvalue weighted by atomic mass is 16.5. The van der Waals surface area contributed by atoms with Crippen LogP contribution in [0.15, 0.2) is 48.6 Å². The van der Waals surface area contributed by atoms with Crippen LogP contribution in [0.25, 0.3) is 0 Å². The summed E-state index contributed by atoms with van der Waals surface area (Å²) in [4.78, 5) is 22.8. The summed E-state index contributed by atoms with van der Waals surface area (Å²) in [5.41, 5.74) is 2.03. The number of carbonyl (C=O) groups is 2. The first-order chi connectivity index (χ1) is 14.4. The van der Waals surface area contributed by atoms with E-state index in [-0.39, 0.29) is 30.5 Å². The van der Waals surface area contributed by atoms with E-state index in [2.05, 4.69) is 0 Å². The van der Waals surface area contributed by atoms with Gasteiger partial charge < -0.3 is 20.1 Å². The van der Waals surface area contributed by atoms with Crippen molar-refractivity contribution < 1.29 is 29.6 Å². The smallest absolute Gasteiger partial charge is 0.303 e. The summed E-state index contributed by atoms with van der Waals surface area (Å²) in [5.74, 6) is -1.43. The second kappa shape index (κ2) is 12.4. The third-order valence-electron chi connectivity index (χ3n) is 5.35. The van der Waals surface area contributed by atoms with Crippen LogP contribution in [0.4, 0.5) is 0 Å². The van der Waals surface area contributed by atoms with Gasteiger partial charge in [-0.2, -0.15) is 0 Å². The minimum atomic E-state index is -0.813. The molecule has 2 rings (SSSR count). The summed E-state index contributed by atoms with van der Waals surface area (Å²) in [6.07, 6.45) is 8.18. The maximum Gasteiger partial charge on any atom is 0.303 e. The number of hydrogen-bond donors (Lipinski definition) is 3. The number of rotatable bonds is 12. The Morgan fingerprint density at radius 2 is 2.07 bits per heavy atom. The number of ketones is 1. The van der Waals surface area contributed by atoms with Crippen LogP contribution in [-0.4, -0.2) is 46.4 Å². The molecule has 0 aliphatic heterocycles. The SMILES string of the molecule is COCc1cccc(C[C@@H](O)/C=C/[C@H]2[C@H](O)CC(=O)[C@@H]2C/C=C\CCCC(=O)O)c1. The molecular formula is C24H32O6. The van der Waals surface area contributed by atoms with E-state index in [9.17, 15) is 19.8 Å². The zero-order valence-corrected chi connectivity index (χ0v) is 17.4. The lowest BCUT2D eigenvalue weighted by molar-refractivity contribution is -0.137. The number of carboxylic acid groups (broad SMARTS) is 1. The number of methoxy groups -OCH3 is 1. The van der Waals surface area contributed by atoms with E-state index in [4.69, 9.17) is 9.84 Å². The lowest BCUT2D eigenvalue weighted by Gasteiger charge is -2.17. The molecule has 0 bridgehead atoms. The van der Waals surface area contributed by atoms with Crippen LogP contribution in [0.3, 0.4) is 0 Å². The number of carbonyl (C=O) groups excluding carboxylic acids is 1. The fourth-order valence-corrected chi connectivity index (χ4v) is 3.84. The first kappa shape index (κ1) is 24.0. The van der Waals surface area contributed by atoms with Crippen molar-refractivity contribution in [2.75, 3.05) is 7.11 Å². The molecule has 3 N–H and O–H groups in total. The molecule has 4 atom stereocenters. The molecule has 1 saturated carbocycles. The number of ether oxygens (including phenoxy) is 1. The number of hydrogen-bond acceptors (Lipinski definition) is 5. The second-order valence-electron chi connectivity index (χ2n) is 7.82. The molecule has 1 aromatic carbocycles. The Labute approximate surface area is 177 Å². The molecule has 6 nitrogen and oxygen atoms in total. The van der Waals surface area contributed by atoms with Crippen LogP contribution in [-0.2, 0) is 27.4 Å². The van der Waals surface area contributed by atoms with Crippen LogP contribution in [0, 0.1) is 11.8 Å². The summed E-state index contributed by atoms with van der Waals surface area (Å²) in [5, 5.41) is 29.3. The molecule has 1 fully saturated rings. The van der Waals surface area contributed by atoms with Gasteiger partial charge in [0.15, 0.2) is 0 Å². The number of Topliss-reactive ketones (excluding diaryl/α,β-unsaturated/α-hetero) is 1. The Morgan fingerprint density at radius 3 is 2.80 bits per heavy atom. The summed E-state index contributed by atoms with van der Waals surface area (Å²) in [7, 11) is 1.64. The molecule has 0 amide bonds. The first-order valence-electron chi connectivity index (χ1n) is 10.4. The van der Waals surface area contributed by atoms with E-state index < -0.39 is 18.2 Å². The highest BCUT2D eigenvalue weighted by Crippen LogP contribution is 2.33. The van der Waals surface area contributed by atoms with E-state index in [0.29, 0.717) is 32.3 Å². The molecule has 0 heterocycles. The average molecular weight is 417 g/mol. The Bertz CT molecular complexity index is 754. The molecule has 30 heavy (non-hydrogen) atoms. The number of aliphatic hydroxyl groups is 2. The van der Waals surface area contributed by atoms with E-state index in [1.54, 1.807) is 19.3 Å². The van der Waals surface area contributed by atoms with Gasteiger partial charge in [-0.05, 0) is 30.4 Å². The Balaban J connectivity index is 1.90. The molecule has 0 radical (unpaired) electrons. The number of allylic oxidation sites excluding steroid dienone is 2. The van der Waals surface area contributed by atoms with E-state index in [0.717, 1.165) is 11.1 Å². The molecule has 1 aliphatic carbocycles. The largest absolute Gasteiger partial charge is 0.481 e. The van der Waals surface area contributed by atoms with Crippen molar-refractivity contribution in [3.05, 3.63) is 59.7 Å². The summed E-state index contributed by atoms with van der Waals surface area (Å²) < 4.78 is 5.13. The Morgan fingerprint density at radius 1 is 1.30 bits per heavy atom. The van der Waals surface area contributed by atoms with Crippen LogP contribution >= 0.6 is 0 Å². The fourth-order valence-electron chi connectivity index (χ4n) is 3.84. The van der Waals surface area contributed by atoms with Crippen molar-refractivity contribution in [2.45, 2.75) is 57.3 Å². The second-order valence-corrected chi connectivity index (χ2v) is 7.82. The van der Waals surface area contributed by atoms with Crippen molar-refractivity contribution in [1.29, 1.82) is 0 Å². The molecule has 164 valence electrons. The molecule has 6 heteroatoms. The van der Waals surface area contributed by atoms with Crippen molar-refractivity contribution in [3.63, 3.8) is 0 Å². The van der Waals surface area contributed by atoms with Gasteiger partial charge in [0.05, 0.1) is 18.8 Å². The van der Waals surface area contributed by atoms with Gasteiger partial charge in [-0.1, -0.05) is 48.6 Å². The van der Waals surface area contributed by atoms with Gasteiger partial charge in [-0.3, -0.25) is 9.59 Å². The average Bonchev–Trinajstić information content (AvgIpc) is 2.95. The van der Waals surface area contributed by atoms with Crippen molar-refractivity contribution in [3.8, 4) is 0 Å². The number of benzene rings is 1. The molecule has 0 saturated heterocycles. The topological polar surface area (TPSA) is 104 Å². The zero-order chi connectivity index (χ0) is 21.9. The van der Waals surface area contributed by atoms with Gasteiger partial charge in [0.1, 0.15) is 5.78 Å². The third kappa shape index (κ3) is 7.86. The third-order valence-corrected chi connectivity index (χ3v) is 5.35. The lowest BCUT2D eigenvalue weighted by atomic mass is 9.90. The van der Waals surface area contributed by atoms with Crippen molar-refractivity contribution >= 4 is 11.8 Å². The monoisotopic (exact) mass is 416 g/mol. The lowest BCUT2D eigenvalue weighted by Crippen LogP contribution is -2.19. The van der Waals surface area contributed by atoms with Gasteiger partial charge in [0.2, 0.25) is 0 Å². The number of carboxylic acids is 1. The predicted octanol–water partition coefficient (Wildman–Crippen LogP) is 3.06. The normalized spacial score (nSPS) is 22.9. The van der Waals surface area contributed by atoms with Crippen LogP contribution < -0.4 is 0 Å². The maximum atomic E-state index is 12.3. The predicted molar refractivity (Wildman–Crippen MR) is 114 cm³/mol. The van der Waals surface area contributed by atoms with Crippen LogP contribution in [0.5, 0.6) is 0 Å². The van der Waals surface area contributed by atoms with Crippen LogP contribution in [0.1, 0.15) is 43.2 Å². The maximum absolute atomic E-state index is 12.3. The van der Waals surface area contributed by atoms with E-state index >= 15 is 0 Å². The summed E-state index contributed by atoms with van der Waals surface area (Å²) >= 11 is 0. The molecule has 1 aromatic rings. The number of aliphatic carboxylic acids is 1. The number of aliphatic hydroxyl groups excluding tert-OH is 2. The van der Waals surface area contributed by atoms with Gasteiger partial charge in [0, 0.05) is 38.2 Å². The van der Waals surface area contributed by atoms with Gasteiger partial charge in [-0.25, -0.2) is 0 Å². The molecule has 1 aliphatic rings. The molecule has 0 aromatic heterocycles. The molecule has 0 spiro atoms. The van der Waals surface area contributed by atoms with Crippen molar-refractivity contribution in [1.82, 2.24) is 0 Å². The van der Waals surface area contributed by atoms with Gasteiger partial charge >= 0.3 is 5.97 Å².